The molecule has 1 fully saturated rings. The number of nitrogens with one attached hydrogen (secondary N) is 2. The van der Waals surface area contributed by atoms with Crippen LogP contribution in [0.5, 0.6) is 0 Å². The highest BCUT2D eigenvalue weighted by Crippen LogP contribution is 2.21. The molecule has 6 heteroatoms. The molecule has 2 amide bonds. The molecule has 2 heterocycles. The zero-order valence-corrected chi connectivity index (χ0v) is 16.9. The van der Waals surface area contributed by atoms with Crippen LogP contribution >= 0.6 is 11.3 Å². The van der Waals surface area contributed by atoms with Crippen molar-refractivity contribution in [1.29, 1.82) is 0 Å². The Bertz CT molecular complexity index is 995. The average Bonchev–Trinajstić information content (AvgIpc) is 3.43. The van der Waals surface area contributed by atoms with Crippen molar-refractivity contribution < 1.29 is 9.59 Å². The number of anilines is 2. The molecule has 0 spiro atoms. The molecule has 5 nitrogen and oxygen atoms in total. The maximum atomic E-state index is 12.9. The SMILES string of the molecule is O=C(Nc1ccccc1C(=O)Nc1cccc(CN2CCCC2)c1)c1cccs1. The summed E-state index contributed by atoms with van der Waals surface area (Å²) in [4.78, 5) is 28.3. The van der Waals surface area contributed by atoms with E-state index in [4.69, 9.17) is 0 Å². The number of nitrogens with zero attached hydrogens (tertiary/aromatic N) is 1. The molecular formula is C23H23N3O2S. The third-order valence-electron chi connectivity index (χ3n) is 4.95. The molecule has 2 N–H and O–H groups in total. The summed E-state index contributed by atoms with van der Waals surface area (Å²) in [7, 11) is 0. The maximum absolute atomic E-state index is 12.9. The Labute approximate surface area is 174 Å². The minimum Gasteiger partial charge on any atom is -0.322 e. The molecule has 0 bridgehead atoms. The van der Waals surface area contributed by atoms with E-state index in [1.165, 1.54) is 29.7 Å². The Hall–Kier alpha value is -2.96. The van der Waals surface area contributed by atoms with Crippen molar-refractivity contribution in [3.8, 4) is 0 Å². The van der Waals surface area contributed by atoms with Crippen molar-refractivity contribution in [3.05, 3.63) is 82.0 Å². The van der Waals surface area contributed by atoms with Gasteiger partial charge in [0.2, 0.25) is 0 Å². The summed E-state index contributed by atoms with van der Waals surface area (Å²) in [6, 6.07) is 18.6. The number of hydrogen-bond donors (Lipinski definition) is 2. The minimum absolute atomic E-state index is 0.215. The van der Waals surface area contributed by atoms with Crippen LogP contribution in [0, 0.1) is 0 Å². The molecule has 1 saturated heterocycles. The van der Waals surface area contributed by atoms with E-state index >= 15 is 0 Å². The van der Waals surface area contributed by atoms with Gasteiger partial charge in [-0.1, -0.05) is 30.3 Å². The monoisotopic (exact) mass is 405 g/mol. The molecule has 1 aliphatic rings. The van der Waals surface area contributed by atoms with E-state index < -0.39 is 0 Å². The topological polar surface area (TPSA) is 61.4 Å². The summed E-state index contributed by atoms with van der Waals surface area (Å²) >= 11 is 1.37. The molecule has 1 aromatic heterocycles. The van der Waals surface area contributed by atoms with E-state index in [0.29, 0.717) is 16.1 Å². The Morgan fingerprint density at radius 3 is 2.52 bits per heavy atom. The second-order valence-corrected chi connectivity index (χ2v) is 8.06. The Balaban J connectivity index is 1.47. The molecule has 1 aliphatic heterocycles. The van der Waals surface area contributed by atoms with E-state index in [1.54, 1.807) is 30.3 Å². The van der Waals surface area contributed by atoms with Crippen molar-refractivity contribution in [1.82, 2.24) is 4.90 Å². The molecule has 3 aromatic rings. The Morgan fingerprint density at radius 1 is 0.897 bits per heavy atom. The van der Waals surface area contributed by atoms with Crippen molar-refractivity contribution >= 4 is 34.5 Å². The normalized spacial score (nSPS) is 13.9. The van der Waals surface area contributed by atoms with Gasteiger partial charge in [0.1, 0.15) is 0 Å². The van der Waals surface area contributed by atoms with Gasteiger partial charge in [-0.05, 0) is 67.2 Å². The van der Waals surface area contributed by atoms with Gasteiger partial charge in [0.25, 0.3) is 11.8 Å². The average molecular weight is 406 g/mol. The first-order chi connectivity index (χ1) is 14.2. The van der Waals surface area contributed by atoms with Crippen LogP contribution in [0.25, 0.3) is 0 Å². The van der Waals surface area contributed by atoms with E-state index in [2.05, 4.69) is 21.6 Å². The predicted octanol–water partition coefficient (Wildman–Crippen LogP) is 4.85. The van der Waals surface area contributed by atoms with Crippen molar-refractivity contribution in [2.45, 2.75) is 19.4 Å². The van der Waals surface area contributed by atoms with Gasteiger partial charge in [-0.3, -0.25) is 14.5 Å². The van der Waals surface area contributed by atoms with Crippen molar-refractivity contribution in [2.75, 3.05) is 23.7 Å². The van der Waals surface area contributed by atoms with Gasteiger partial charge >= 0.3 is 0 Å². The maximum Gasteiger partial charge on any atom is 0.265 e. The molecular weight excluding hydrogens is 382 g/mol. The predicted molar refractivity (Wildman–Crippen MR) is 118 cm³/mol. The highest BCUT2D eigenvalue weighted by atomic mass is 32.1. The van der Waals surface area contributed by atoms with Crippen LogP contribution in [0.2, 0.25) is 0 Å². The number of carbonyl (C=O) groups excluding carboxylic acids is 2. The molecule has 0 aliphatic carbocycles. The lowest BCUT2D eigenvalue weighted by molar-refractivity contribution is 0.102. The lowest BCUT2D eigenvalue weighted by atomic mass is 10.1. The lowest BCUT2D eigenvalue weighted by Crippen LogP contribution is -2.19. The summed E-state index contributed by atoms with van der Waals surface area (Å²) in [5.74, 6) is -0.460. The number of hydrogen-bond acceptors (Lipinski definition) is 4. The fourth-order valence-electron chi connectivity index (χ4n) is 3.53. The molecule has 4 rings (SSSR count). The largest absolute Gasteiger partial charge is 0.322 e. The third-order valence-corrected chi connectivity index (χ3v) is 5.82. The number of thiophene rings is 1. The quantitative estimate of drug-likeness (QED) is 0.616. The highest BCUT2D eigenvalue weighted by Gasteiger charge is 2.16. The van der Waals surface area contributed by atoms with Gasteiger partial charge in [-0.2, -0.15) is 0 Å². The minimum atomic E-state index is -0.245. The van der Waals surface area contributed by atoms with Crippen LogP contribution in [-0.4, -0.2) is 29.8 Å². The van der Waals surface area contributed by atoms with Crippen LogP contribution < -0.4 is 10.6 Å². The lowest BCUT2D eigenvalue weighted by Gasteiger charge is -2.15. The van der Waals surface area contributed by atoms with Gasteiger partial charge in [0.15, 0.2) is 0 Å². The zero-order chi connectivity index (χ0) is 20.1. The number of carbonyl (C=O) groups is 2. The van der Waals surface area contributed by atoms with Crippen LogP contribution in [0.1, 0.15) is 38.4 Å². The second-order valence-electron chi connectivity index (χ2n) is 7.11. The first kappa shape index (κ1) is 19.4. The summed E-state index contributed by atoms with van der Waals surface area (Å²) in [5.41, 5.74) is 2.87. The van der Waals surface area contributed by atoms with Gasteiger partial charge < -0.3 is 10.6 Å². The fourth-order valence-corrected chi connectivity index (χ4v) is 4.15. The fraction of sp³-hybridized carbons (Fsp3) is 0.217. The van der Waals surface area contributed by atoms with Gasteiger partial charge in [-0.25, -0.2) is 0 Å². The summed E-state index contributed by atoms with van der Waals surface area (Å²) in [6.07, 6.45) is 2.51. The third kappa shape index (κ3) is 4.91. The van der Waals surface area contributed by atoms with Crippen molar-refractivity contribution in [2.24, 2.45) is 0 Å². The Morgan fingerprint density at radius 2 is 1.72 bits per heavy atom. The Kier molecular flexibility index (Phi) is 6.03. The van der Waals surface area contributed by atoms with Gasteiger partial charge in [0.05, 0.1) is 16.1 Å². The van der Waals surface area contributed by atoms with Crippen LogP contribution in [-0.2, 0) is 6.54 Å². The molecule has 0 radical (unpaired) electrons. The van der Waals surface area contributed by atoms with E-state index in [0.717, 1.165) is 25.3 Å². The molecule has 29 heavy (non-hydrogen) atoms. The number of para-hydroxylation sites is 1. The summed E-state index contributed by atoms with van der Waals surface area (Å²) in [5, 5.41) is 7.66. The number of benzene rings is 2. The van der Waals surface area contributed by atoms with E-state index in [1.807, 2.05) is 29.6 Å². The second kappa shape index (κ2) is 9.03. The van der Waals surface area contributed by atoms with Crippen LogP contribution in [0.15, 0.2) is 66.0 Å². The van der Waals surface area contributed by atoms with Crippen LogP contribution in [0.4, 0.5) is 11.4 Å². The smallest absolute Gasteiger partial charge is 0.265 e. The van der Waals surface area contributed by atoms with Crippen molar-refractivity contribution in [3.63, 3.8) is 0 Å². The van der Waals surface area contributed by atoms with Gasteiger partial charge in [0, 0.05) is 12.2 Å². The number of likely N-dealkylation sites (tertiary alicyclic amines) is 1. The first-order valence-electron chi connectivity index (χ1n) is 9.75. The zero-order valence-electron chi connectivity index (χ0n) is 16.1. The number of rotatable bonds is 6. The van der Waals surface area contributed by atoms with E-state index in [-0.39, 0.29) is 11.8 Å². The molecule has 148 valence electrons. The number of amides is 2. The summed E-state index contributed by atoms with van der Waals surface area (Å²) in [6.45, 7) is 3.17. The van der Waals surface area contributed by atoms with Crippen LogP contribution in [0.3, 0.4) is 0 Å². The molecule has 0 unspecified atom stereocenters. The molecule has 0 atom stereocenters. The molecule has 0 saturated carbocycles. The highest BCUT2D eigenvalue weighted by molar-refractivity contribution is 7.12. The molecule has 2 aromatic carbocycles. The summed E-state index contributed by atoms with van der Waals surface area (Å²) < 4.78 is 0. The van der Waals surface area contributed by atoms with Gasteiger partial charge in [-0.15, -0.1) is 11.3 Å². The first-order valence-corrected chi connectivity index (χ1v) is 10.6. The van der Waals surface area contributed by atoms with E-state index in [9.17, 15) is 9.59 Å². The standard InChI is InChI=1S/C23H23N3O2S/c27-22(24-18-8-5-7-17(15-18)16-26-12-3-4-13-26)19-9-1-2-10-20(19)25-23(28)21-11-6-14-29-21/h1-2,5-11,14-15H,3-4,12-13,16H2,(H,24,27)(H,25,28).